The lowest BCUT2D eigenvalue weighted by Crippen LogP contribution is -2.24. The van der Waals surface area contributed by atoms with Gasteiger partial charge < -0.3 is 10.1 Å². The fourth-order valence-electron chi connectivity index (χ4n) is 3.32. The summed E-state index contributed by atoms with van der Waals surface area (Å²) in [4.78, 5) is 17.0. The van der Waals surface area contributed by atoms with Gasteiger partial charge in [-0.05, 0) is 35.4 Å². The van der Waals surface area contributed by atoms with E-state index in [1.165, 1.54) is 0 Å². The smallest absolute Gasteiger partial charge is 0.349 e. The van der Waals surface area contributed by atoms with E-state index < -0.39 is 0 Å². The van der Waals surface area contributed by atoms with Gasteiger partial charge in [0.25, 0.3) is 0 Å². The number of methoxy groups -OCH3 is 1. The third-order valence-electron chi connectivity index (χ3n) is 4.77. The summed E-state index contributed by atoms with van der Waals surface area (Å²) in [5.41, 5.74) is 4.11. The van der Waals surface area contributed by atoms with Crippen molar-refractivity contribution in [2.45, 2.75) is 0 Å². The number of benzene rings is 3. The zero-order chi connectivity index (χ0) is 20.2. The highest BCUT2D eigenvalue weighted by atomic mass is 16.5. The second-order valence-corrected chi connectivity index (χ2v) is 6.61. The third kappa shape index (κ3) is 3.75. The Morgan fingerprint density at radius 1 is 0.828 bits per heavy atom. The molecular formula is C24H21N3O2. The highest BCUT2D eigenvalue weighted by Gasteiger charge is 2.18. The molecule has 0 amide bonds. The minimum Gasteiger partial charge on any atom is -0.497 e. The van der Waals surface area contributed by atoms with Crippen LogP contribution in [0.5, 0.6) is 5.75 Å². The van der Waals surface area contributed by atoms with Gasteiger partial charge in [-0.3, -0.25) is 4.57 Å². The van der Waals surface area contributed by atoms with Crippen molar-refractivity contribution >= 4 is 11.5 Å². The Morgan fingerprint density at radius 3 is 2.00 bits per heavy atom. The summed E-state index contributed by atoms with van der Waals surface area (Å²) in [6.45, 7) is 0. The van der Waals surface area contributed by atoms with Gasteiger partial charge in [-0.1, -0.05) is 60.7 Å². The summed E-state index contributed by atoms with van der Waals surface area (Å²) in [5, 5.41) is 3.32. The van der Waals surface area contributed by atoms with Crippen molar-refractivity contribution in [1.29, 1.82) is 0 Å². The fourth-order valence-corrected chi connectivity index (χ4v) is 3.32. The highest BCUT2D eigenvalue weighted by Crippen LogP contribution is 2.36. The number of rotatable bonds is 5. The van der Waals surface area contributed by atoms with Crippen LogP contribution in [0.2, 0.25) is 0 Å². The van der Waals surface area contributed by atoms with Crippen LogP contribution in [0, 0.1) is 0 Å². The molecule has 5 nitrogen and oxygen atoms in total. The molecule has 1 N–H and O–H groups in total. The lowest BCUT2D eigenvalue weighted by atomic mass is 9.99. The largest absolute Gasteiger partial charge is 0.497 e. The van der Waals surface area contributed by atoms with Crippen molar-refractivity contribution in [3.05, 3.63) is 95.4 Å². The van der Waals surface area contributed by atoms with Crippen LogP contribution in [0.1, 0.15) is 0 Å². The highest BCUT2D eigenvalue weighted by molar-refractivity contribution is 5.89. The lowest BCUT2D eigenvalue weighted by molar-refractivity contribution is 0.415. The molecule has 1 aromatic heterocycles. The maximum absolute atomic E-state index is 12.7. The molecule has 0 saturated heterocycles. The van der Waals surface area contributed by atoms with Gasteiger partial charge >= 0.3 is 5.69 Å². The minimum atomic E-state index is -0.320. The average Bonchev–Trinajstić information content (AvgIpc) is 2.77. The van der Waals surface area contributed by atoms with E-state index in [-0.39, 0.29) is 5.69 Å². The van der Waals surface area contributed by atoms with E-state index in [0.29, 0.717) is 5.82 Å². The minimum absolute atomic E-state index is 0.320. The molecule has 144 valence electrons. The molecule has 0 atom stereocenters. The first kappa shape index (κ1) is 18.5. The van der Waals surface area contributed by atoms with Crippen LogP contribution in [-0.4, -0.2) is 16.7 Å². The molecule has 3 aromatic carbocycles. The van der Waals surface area contributed by atoms with Crippen molar-refractivity contribution < 1.29 is 4.74 Å². The summed E-state index contributed by atoms with van der Waals surface area (Å²) < 4.78 is 6.82. The Bertz CT molecular complexity index is 1170. The molecule has 0 bridgehead atoms. The topological polar surface area (TPSA) is 56.1 Å². The van der Waals surface area contributed by atoms with E-state index >= 15 is 0 Å². The fraction of sp³-hybridized carbons (Fsp3) is 0.0833. The van der Waals surface area contributed by atoms with Gasteiger partial charge in [-0.15, -0.1) is 0 Å². The number of nitrogens with zero attached hydrogens (tertiary/aromatic N) is 2. The summed E-state index contributed by atoms with van der Waals surface area (Å²) in [6, 6.07) is 27.4. The molecule has 0 radical (unpaired) electrons. The molecule has 29 heavy (non-hydrogen) atoms. The summed E-state index contributed by atoms with van der Waals surface area (Å²) in [7, 11) is 3.38. The SMILES string of the molecule is COc1ccc(Nc2nc(=O)n(C)c(-c3ccccc3)c2-c2ccccc2)cc1. The Labute approximate surface area is 169 Å². The average molecular weight is 383 g/mol. The van der Waals surface area contributed by atoms with Crippen LogP contribution < -0.4 is 15.7 Å². The summed E-state index contributed by atoms with van der Waals surface area (Å²) >= 11 is 0. The van der Waals surface area contributed by atoms with Crippen molar-refractivity contribution in [3.8, 4) is 28.1 Å². The van der Waals surface area contributed by atoms with E-state index in [1.807, 2.05) is 84.9 Å². The molecule has 4 rings (SSSR count). The van der Waals surface area contributed by atoms with Gasteiger partial charge in [-0.25, -0.2) is 4.79 Å². The van der Waals surface area contributed by atoms with E-state index in [9.17, 15) is 4.79 Å². The van der Waals surface area contributed by atoms with Crippen LogP contribution in [-0.2, 0) is 7.05 Å². The molecule has 0 spiro atoms. The Hall–Kier alpha value is -3.86. The molecule has 0 aliphatic rings. The number of ether oxygens (including phenoxy) is 1. The normalized spacial score (nSPS) is 10.6. The first-order chi connectivity index (χ1) is 14.2. The van der Waals surface area contributed by atoms with Gasteiger partial charge in [0.2, 0.25) is 0 Å². The number of nitrogens with one attached hydrogen (secondary N) is 1. The third-order valence-corrected chi connectivity index (χ3v) is 4.77. The predicted molar refractivity (Wildman–Crippen MR) is 117 cm³/mol. The zero-order valence-corrected chi connectivity index (χ0v) is 16.3. The molecule has 0 aliphatic carbocycles. The number of hydrogen-bond donors (Lipinski definition) is 1. The van der Waals surface area contributed by atoms with Crippen LogP contribution >= 0.6 is 0 Å². The molecule has 0 saturated carbocycles. The first-order valence-electron chi connectivity index (χ1n) is 9.30. The lowest BCUT2D eigenvalue weighted by Gasteiger charge is -2.19. The van der Waals surface area contributed by atoms with Crippen LogP contribution in [0.3, 0.4) is 0 Å². The summed E-state index contributed by atoms with van der Waals surface area (Å²) in [5.74, 6) is 1.28. The van der Waals surface area contributed by atoms with E-state index in [1.54, 1.807) is 18.7 Å². The van der Waals surface area contributed by atoms with Gasteiger partial charge in [0.1, 0.15) is 11.6 Å². The Balaban J connectivity index is 1.95. The maximum Gasteiger partial charge on any atom is 0.349 e. The second-order valence-electron chi connectivity index (χ2n) is 6.61. The van der Waals surface area contributed by atoms with Crippen molar-refractivity contribution in [2.75, 3.05) is 12.4 Å². The van der Waals surface area contributed by atoms with E-state index in [2.05, 4.69) is 10.3 Å². The van der Waals surface area contributed by atoms with Crippen molar-refractivity contribution in [2.24, 2.45) is 7.05 Å². The van der Waals surface area contributed by atoms with Gasteiger partial charge in [0.15, 0.2) is 0 Å². The van der Waals surface area contributed by atoms with Gasteiger partial charge in [-0.2, -0.15) is 4.98 Å². The Morgan fingerprint density at radius 2 is 1.41 bits per heavy atom. The summed E-state index contributed by atoms with van der Waals surface area (Å²) in [6.07, 6.45) is 0. The van der Waals surface area contributed by atoms with Crippen molar-refractivity contribution in [3.63, 3.8) is 0 Å². The maximum atomic E-state index is 12.7. The van der Waals surface area contributed by atoms with Crippen LogP contribution in [0.25, 0.3) is 22.4 Å². The zero-order valence-electron chi connectivity index (χ0n) is 16.3. The van der Waals surface area contributed by atoms with E-state index in [4.69, 9.17) is 4.74 Å². The van der Waals surface area contributed by atoms with Crippen LogP contribution in [0.15, 0.2) is 89.7 Å². The monoisotopic (exact) mass is 383 g/mol. The molecule has 4 aromatic rings. The quantitative estimate of drug-likeness (QED) is 0.534. The molecule has 0 unspecified atom stereocenters. The molecule has 0 fully saturated rings. The van der Waals surface area contributed by atoms with Gasteiger partial charge in [0.05, 0.1) is 12.8 Å². The van der Waals surface area contributed by atoms with Crippen LogP contribution in [0.4, 0.5) is 11.5 Å². The first-order valence-corrected chi connectivity index (χ1v) is 9.30. The number of hydrogen-bond acceptors (Lipinski definition) is 4. The molecule has 0 aliphatic heterocycles. The van der Waals surface area contributed by atoms with Crippen molar-refractivity contribution in [1.82, 2.24) is 9.55 Å². The van der Waals surface area contributed by atoms with E-state index in [0.717, 1.165) is 33.8 Å². The Kier molecular flexibility index (Phi) is 5.12. The molecular weight excluding hydrogens is 362 g/mol. The second kappa shape index (κ2) is 8.02. The molecule has 1 heterocycles. The predicted octanol–water partition coefficient (Wildman–Crippen LogP) is 4.87. The van der Waals surface area contributed by atoms with Gasteiger partial charge in [0, 0.05) is 18.3 Å². The standard InChI is InChI=1S/C24H21N3O2/c1-27-22(18-11-7-4-8-12-18)21(17-9-5-3-6-10-17)23(26-24(27)28)25-19-13-15-20(29-2)16-14-19/h3-16H,1-2H3,(H,25,26,28). The molecule has 5 heteroatoms. The number of anilines is 2. The number of aromatic nitrogens is 2.